The predicted octanol–water partition coefficient (Wildman–Crippen LogP) is 2.08. The second kappa shape index (κ2) is 5.27. The molecule has 1 aliphatic rings. The van der Waals surface area contributed by atoms with Crippen LogP contribution in [0.15, 0.2) is 24.5 Å². The van der Waals surface area contributed by atoms with Gasteiger partial charge in [0.25, 0.3) is 0 Å². The van der Waals surface area contributed by atoms with E-state index in [9.17, 15) is 4.79 Å². The van der Waals surface area contributed by atoms with Crippen LogP contribution in [0, 0.1) is 0 Å². The molecular formula is C13H18N2O2. The van der Waals surface area contributed by atoms with Gasteiger partial charge >= 0.3 is 5.97 Å². The zero-order valence-electron chi connectivity index (χ0n) is 10.0. The van der Waals surface area contributed by atoms with Crippen LogP contribution in [0.4, 0.5) is 0 Å². The normalized spacial score (nSPS) is 17.1. The van der Waals surface area contributed by atoms with E-state index in [2.05, 4.69) is 16.8 Å². The Morgan fingerprint density at radius 1 is 1.65 bits per heavy atom. The largest absolute Gasteiger partial charge is 0.481 e. The highest BCUT2D eigenvalue weighted by molar-refractivity contribution is 5.66. The highest BCUT2D eigenvalue weighted by Crippen LogP contribution is 2.33. The summed E-state index contributed by atoms with van der Waals surface area (Å²) in [5.41, 5.74) is 1.16. The average molecular weight is 234 g/mol. The molecule has 0 spiro atoms. The predicted molar refractivity (Wildman–Crippen MR) is 64.6 cm³/mol. The molecule has 92 valence electrons. The van der Waals surface area contributed by atoms with Crippen LogP contribution in [0.2, 0.25) is 0 Å². The lowest BCUT2D eigenvalue weighted by Gasteiger charge is -2.28. The van der Waals surface area contributed by atoms with E-state index in [4.69, 9.17) is 5.11 Å². The molecule has 1 fully saturated rings. The fourth-order valence-electron chi connectivity index (χ4n) is 2.14. The highest BCUT2D eigenvalue weighted by atomic mass is 16.4. The quantitative estimate of drug-likeness (QED) is 0.818. The van der Waals surface area contributed by atoms with Gasteiger partial charge in [-0.15, -0.1) is 0 Å². The Balaban J connectivity index is 2.02. The van der Waals surface area contributed by atoms with Crippen molar-refractivity contribution in [1.29, 1.82) is 0 Å². The minimum Gasteiger partial charge on any atom is -0.481 e. The maximum atomic E-state index is 10.7. The van der Waals surface area contributed by atoms with E-state index in [1.807, 2.05) is 18.3 Å². The van der Waals surface area contributed by atoms with E-state index < -0.39 is 5.97 Å². The van der Waals surface area contributed by atoms with Gasteiger partial charge in [0.1, 0.15) is 0 Å². The number of aliphatic carboxylic acids is 1. The molecule has 0 aromatic carbocycles. The third kappa shape index (κ3) is 3.27. The van der Waals surface area contributed by atoms with Gasteiger partial charge in [-0.1, -0.05) is 6.07 Å². The van der Waals surface area contributed by atoms with Crippen LogP contribution in [0.3, 0.4) is 0 Å². The number of hydrogen-bond donors (Lipinski definition) is 1. The fraction of sp³-hybridized carbons (Fsp3) is 0.538. The maximum Gasteiger partial charge on any atom is 0.304 e. The van der Waals surface area contributed by atoms with Crippen LogP contribution in [-0.4, -0.2) is 33.5 Å². The number of aromatic nitrogens is 1. The Morgan fingerprint density at radius 2 is 2.41 bits per heavy atom. The first-order chi connectivity index (χ1) is 8.18. The summed E-state index contributed by atoms with van der Waals surface area (Å²) in [6.07, 6.45) is 6.20. The van der Waals surface area contributed by atoms with Crippen molar-refractivity contribution in [2.45, 2.75) is 38.3 Å². The number of pyridine rings is 1. The number of carboxylic acid groups (broad SMARTS) is 1. The molecular weight excluding hydrogens is 216 g/mol. The van der Waals surface area contributed by atoms with E-state index in [-0.39, 0.29) is 12.5 Å². The maximum absolute atomic E-state index is 10.7. The Bertz CT molecular complexity index is 376. The standard InChI is InChI=1S/C13H18N2O2/c1-10(11-3-2-7-14-9-11)15(12-4-5-12)8-6-13(16)17/h2-3,7,9-10,12H,4-6,8H2,1H3,(H,16,17). The molecule has 1 aromatic rings. The minimum absolute atomic E-state index is 0.209. The van der Waals surface area contributed by atoms with E-state index in [0.717, 1.165) is 5.56 Å². The smallest absolute Gasteiger partial charge is 0.304 e. The molecule has 0 saturated heterocycles. The molecule has 1 aromatic heterocycles. The monoisotopic (exact) mass is 234 g/mol. The summed E-state index contributed by atoms with van der Waals surface area (Å²) in [5, 5.41) is 8.78. The number of carbonyl (C=O) groups is 1. The first-order valence-corrected chi connectivity index (χ1v) is 6.06. The molecule has 1 N–H and O–H groups in total. The Hall–Kier alpha value is -1.42. The van der Waals surface area contributed by atoms with Gasteiger partial charge in [0.05, 0.1) is 6.42 Å². The van der Waals surface area contributed by atoms with Gasteiger partial charge in [0.2, 0.25) is 0 Å². The summed E-state index contributed by atoms with van der Waals surface area (Å²) in [7, 11) is 0. The topological polar surface area (TPSA) is 53.4 Å². The molecule has 0 bridgehead atoms. The van der Waals surface area contributed by atoms with Crippen LogP contribution >= 0.6 is 0 Å². The molecule has 17 heavy (non-hydrogen) atoms. The van der Waals surface area contributed by atoms with Crippen LogP contribution in [-0.2, 0) is 4.79 Å². The van der Waals surface area contributed by atoms with Gasteiger partial charge in [0.15, 0.2) is 0 Å². The SMILES string of the molecule is CC(c1cccnc1)N(CCC(=O)O)C1CC1. The first kappa shape index (κ1) is 12.0. The molecule has 1 heterocycles. The van der Waals surface area contributed by atoms with Gasteiger partial charge in [-0.25, -0.2) is 0 Å². The third-order valence-electron chi connectivity index (χ3n) is 3.26. The van der Waals surface area contributed by atoms with Crippen molar-refractivity contribution in [1.82, 2.24) is 9.88 Å². The zero-order valence-corrected chi connectivity index (χ0v) is 10.0. The van der Waals surface area contributed by atoms with Gasteiger partial charge in [-0.05, 0) is 31.4 Å². The molecule has 4 nitrogen and oxygen atoms in total. The highest BCUT2D eigenvalue weighted by Gasteiger charge is 2.32. The lowest BCUT2D eigenvalue weighted by Crippen LogP contribution is -2.31. The van der Waals surface area contributed by atoms with E-state index in [1.165, 1.54) is 12.8 Å². The summed E-state index contributed by atoms with van der Waals surface area (Å²) in [5.74, 6) is -0.728. The van der Waals surface area contributed by atoms with Crippen molar-refractivity contribution in [3.8, 4) is 0 Å². The van der Waals surface area contributed by atoms with E-state index in [0.29, 0.717) is 12.6 Å². The molecule has 2 rings (SSSR count). The van der Waals surface area contributed by atoms with Gasteiger partial charge in [-0.3, -0.25) is 14.7 Å². The average Bonchev–Trinajstić information content (AvgIpc) is 3.14. The van der Waals surface area contributed by atoms with Crippen molar-refractivity contribution < 1.29 is 9.90 Å². The summed E-state index contributed by atoms with van der Waals surface area (Å²) in [6.45, 7) is 2.74. The summed E-state index contributed by atoms with van der Waals surface area (Å²) >= 11 is 0. The molecule has 1 unspecified atom stereocenters. The van der Waals surface area contributed by atoms with Crippen LogP contribution in [0.25, 0.3) is 0 Å². The Labute approximate surface area is 101 Å². The molecule has 0 radical (unpaired) electrons. The van der Waals surface area contributed by atoms with Crippen molar-refractivity contribution in [3.63, 3.8) is 0 Å². The van der Waals surface area contributed by atoms with Crippen LogP contribution in [0.1, 0.15) is 37.8 Å². The number of hydrogen-bond acceptors (Lipinski definition) is 3. The van der Waals surface area contributed by atoms with Crippen molar-refractivity contribution in [2.24, 2.45) is 0 Å². The Morgan fingerprint density at radius 3 is 2.94 bits per heavy atom. The second-order valence-corrected chi connectivity index (χ2v) is 4.58. The van der Waals surface area contributed by atoms with E-state index in [1.54, 1.807) is 6.20 Å². The molecule has 1 saturated carbocycles. The van der Waals surface area contributed by atoms with Crippen LogP contribution < -0.4 is 0 Å². The lowest BCUT2D eigenvalue weighted by atomic mass is 10.1. The van der Waals surface area contributed by atoms with Gasteiger partial charge < -0.3 is 5.11 Å². The van der Waals surface area contributed by atoms with Crippen molar-refractivity contribution in [2.75, 3.05) is 6.54 Å². The Kier molecular flexibility index (Phi) is 3.74. The van der Waals surface area contributed by atoms with Gasteiger partial charge in [-0.2, -0.15) is 0 Å². The summed E-state index contributed by atoms with van der Waals surface area (Å²) in [4.78, 5) is 17.1. The molecule has 4 heteroatoms. The number of nitrogens with zero attached hydrogens (tertiary/aromatic N) is 2. The number of rotatable bonds is 6. The summed E-state index contributed by atoms with van der Waals surface area (Å²) in [6, 6.07) is 4.78. The molecule has 1 aliphatic carbocycles. The van der Waals surface area contributed by atoms with Crippen LogP contribution in [0.5, 0.6) is 0 Å². The zero-order chi connectivity index (χ0) is 12.3. The van der Waals surface area contributed by atoms with E-state index >= 15 is 0 Å². The number of carboxylic acids is 1. The van der Waals surface area contributed by atoms with Crippen molar-refractivity contribution >= 4 is 5.97 Å². The van der Waals surface area contributed by atoms with Crippen molar-refractivity contribution in [3.05, 3.63) is 30.1 Å². The fourth-order valence-corrected chi connectivity index (χ4v) is 2.14. The van der Waals surface area contributed by atoms with Gasteiger partial charge in [0, 0.05) is 31.0 Å². The summed E-state index contributed by atoms with van der Waals surface area (Å²) < 4.78 is 0. The third-order valence-corrected chi connectivity index (χ3v) is 3.26. The first-order valence-electron chi connectivity index (χ1n) is 6.06. The molecule has 0 aliphatic heterocycles. The molecule has 0 amide bonds. The molecule has 1 atom stereocenters. The minimum atomic E-state index is -0.728. The second-order valence-electron chi connectivity index (χ2n) is 4.58. The lowest BCUT2D eigenvalue weighted by molar-refractivity contribution is -0.137.